The van der Waals surface area contributed by atoms with Crippen molar-refractivity contribution in [3.05, 3.63) is 70.8 Å². The molecule has 3 heteroatoms. The lowest BCUT2D eigenvalue weighted by atomic mass is 9.99. The van der Waals surface area contributed by atoms with Crippen molar-refractivity contribution < 1.29 is 9.90 Å². The van der Waals surface area contributed by atoms with Gasteiger partial charge >= 0.3 is 0 Å². The zero-order chi connectivity index (χ0) is 17.1. The Morgan fingerprint density at radius 2 is 1.83 bits per heavy atom. The van der Waals surface area contributed by atoms with Gasteiger partial charge in [0.1, 0.15) is 0 Å². The number of benzene rings is 2. The lowest BCUT2D eigenvalue weighted by Gasteiger charge is -2.27. The van der Waals surface area contributed by atoms with Crippen LogP contribution in [0.25, 0.3) is 0 Å². The summed E-state index contributed by atoms with van der Waals surface area (Å²) in [5, 5.41) is 10.3. The number of hydrogen-bond acceptors (Lipinski definition) is 2. The van der Waals surface area contributed by atoms with E-state index in [2.05, 4.69) is 32.0 Å². The van der Waals surface area contributed by atoms with Crippen molar-refractivity contribution in [3.8, 4) is 0 Å². The topological polar surface area (TPSA) is 40.5 Å². The summed E-state index contributed by atoms with van der Waals surface area (Å²) in [6.45, 7) is 4.96. The summed E-state index contributed by atoms with van der Waals surface area (Å²) in [6, 6.07) is 16.1. The third kappa shape index (κ3) is 3.68. The first-order valence-electron chi connectivity index (χ1n) is 8.65. The predicted molar refractivity (Wildman–Crippen MR) is 95.6 cm³/mol. The van der Waals surface area contributed by atoms with Crippen LogP contribution in [-0.4, -0.2) is 22.5 Å². The van der Waals surface area contributed by atoms with E-state index in [1.54, 1.807) is 0 Å². The van der Waals surface area contributed by atoms with E-state index >= 15 is 0 Å². The molecule has 2 aromatic rings. The minimum atomic E-state index is -0.737. The van der Waals surface area contributed by atoms with Crippen molar-refractivity contribution in [2.75, 3.05) is 6.54 Å². The molecule has 1 heterocycles. The van der Waals surface area contributed by atoms with E-state index in [1.807, 2.05) is 35.2 Å². The molecule has 0 bridgehead atoms. The smallest absolute Gasteiger partial charge is 0.226 e. The van der Waals surface area contributed by atoms with Crippen LogP contribution in [-0.2, 0) is 4.79 Å². The molecule has 1 aliphatic heterocycles. The van der Waals surface area contributed by atoms with E-state index in [1.165, 1.54) is 16.7 Å². The molecule has 0 radical (unpaired) electrons. The van der Waals surface area contributed by atoms with Gasteiger partial charge in [0, 0.05) is 6.54 Å². The Balaban J connectivity index is 1.74. The van der Waals surface area contributed by atoms with Gasteiger partial charge in [-0.2, -0.15) is 0 Å². The highest BCUT2D eigenvalue weighted by Crippen LogP contribution is 2.34. The summed E-state index contributed by atoms with van der Waals surface area (Å²) in [7, 11) is 0. The molecule has 0 aromatic heterocycles. The second-order valence-electron chi connectivity index (χ2n) is 6.80. The fourth-order valence-corrected chi connectivity index (χ4v) is 3.69. The largest absolute Gasteiger partial charge is 0.388 e. The Labute approximate surface area is 143 Å². The summed E-state index contributed by atoms with van der Waals surface area (Å²) in [5.74, 6) is 0.0352. The maximum absolute atomic E-state index is 12.7. The Morgan fingerprint density at radius 3 is 2.50 bits per heavy atom. The van der Waals surface area contributed by atoms with Crippen LogP contribution in [0.2, 0.25) is 0 Å². The van der Waals surface area contributed by atoms with Gasteiger partial charge in [-0.1, -0.05) is 59.7 Å². The lowest BCUT2D eigenvalue weighted by Crippen LogP contribution is -2.31. The molecule has 24 heavy (non-hydrogen) atoms. The Hall–Kier alpha value is -2.13. The minimum Gasteiger partial charge on any atom is -0.388 e. The van der Waals surface area contributed by atoms with Gasteiger partial charge in [-0.15, -0.1) is 0 Å². The molecule has 1 N–H and O–H groups in total. The molecular weight excluding hydrogens is 298 g/mol. The number of aryl methyl sites for hydroxylation is 2. The van der Waals surface area contributed by atoms with Crippen molar-refractivity contribution in [1.29, 1.82) is 0 Å². The van der Waals surface area contributed by atoms with Crippen molar-refractivity contribution in [2.24, 2.45) is 0 Å². The molecule has 3 nitrogen and oxygen atoms in total. The fourth-order valence-electron chi connectivity index (χ4n) is 3.69. The molecule has 126 valence electrons. The quantitative estimate of drug-likeness (QED) is 0.920. The molecule has 2 atom stereocenters. The van der Waals surface area contributed by atoms with E-state index in [-0.39, 0.29) is 18.4 Å². The van der Waals surface area contributed by atoms with Crippen LogP contribution in [0.4, 0.5) is 0 Å². The van der Waals surface area contributed by atoms with Gasteiger partial charge in [0.05, 0.1) is 18.6 Å². The maximum atomic E-state index is 12.7. The number of aliphatic hydroxyl groups excluding tert-OH is 1. The van der Waals surface area contributed by atoms with Gasteiger partial charge in [0.2, 0.25) is 5.91 Å². The molecule has 1 saturated heterocycles. The number of likely N-dealkylation sites (tertiary alicyclic amines) is 1. The van der Waals surface area contributed by atoms with Gasteiger partial charge in [-0.3, -0.25) is 4.79 Å². The van der Waals surface area contributed by atoms with Crippen molar-refractivity contribution in [3.63, 3.8) is 0 Å². The summed E-state index contributed by atoms with van der Waals surface area (Å²) in [5.41, 5.74) is 4.47. The van der Waals surface area contributed by atoms with Crippen LogP contribution >= 0.6 is 0 Å². The SMILES string of the molecule is Cc1cc(C)cc(C2CCCN2C(=O)CC(O)c2ccccc2)c1. The zero-order valence-electron chi connectivity index (χ0n) is 14.4. The average Bonchev–Trinajstić information content (AvgIpc) is 3.04. The fraction of sp³-hybridized carbons (Fsp3) is 0.381. The molecular formula is C21H25NO2. The van der Waals surface area contributed by atoms with Crippen molar-refractivity contribution >= 4 is 5.91 Å². The van der Waals surface area contributed by atoms with Crippen LogP contribution < -0.4 is 0 Å². The summed E-state index contributed by atoms with van der Waals surface area (Å²) in [4.78, 5) is 14.7. The third-order valence-corrected chi connectivity index (χ3v) is 4.75. The minimum absolute atomic E-state index is 0.0352. The molecule has 0 spiro atoms. The Morgan fingerprint density at radius 1 is 1.17 bits per heavy atom. The van der Waals surface area contributed by atoms with Gasteiger partial charge in [-0.25, -0.2) is 0 Å². The highest BCUT2D eigenvalue weighted by molar-refractivity contribution is 5.77. The van der Waals surface area contributed by atoms with Gasteiger partial charge < -0.3 is 10.0 Å². The number of nitrogens with zero attached hydrogens (tertiary/aromatic N) is 1. The summed E-state index contributed by atoms with van der Waals surface area (Å²) in [6.07, 6.45) is 1.42. The lowest BCUT2D eigenvalue weighted by molar-refractivity contribution is -0.134. The highest BCUT2D eigenvalue weighted by Gasteiger charge is 2.31. The van der Waals surface area contributed by atoms with Crippen molar-refractivity contribution in [1.82, 2.24) is 4.90 Å². The van der Waals surface area contributed by atoms with E-state index in [0.717, 1.165) is 24.9 Å². The molecule has 1 fully saturated rings. The first kappa shape index (κ1) is 16.7. The van der Waals surface area contributed by atoms with Crippen molar-refractivity contribution in [2.45, 2.75) is 45.3 Å². The second-order valence-corrected chi connectivity index (χ2v) is 6.80. The number of amides is 1. The van der Waals surface area contributed by atoms with Gasteiger partial charge in [0.25, 0.3) is 0 Å². The highest BCUT2D eigenvalue weighted by atomic mass is 16.3. The number of carbonyl (C=O) groups is 1. The van der Waals surface area contributed by atoms with Gasteiger partial charge in [0.15, 0.2) is 0 Å². The Bertz CT molecular complexity index is 691. The number of carbonyl (C=O) groups excluding carboxylic acids is 1. The molecule has 0 saturated carbocycles. The molecule has 2 unspecified atom stereocenters. The van der Waals surface area contributed by atoms with Crippen LogP contribution in [0.1, 0.15) is 53.7 Å². The van der Waals surface area contributed by atoms with Gasteiger partial charge in [-0.05, 0) is 37.8 Å². The third-order valence-electron chi connectivity index (χ3n) is 4.75. The first-order valence-corrected chi connectivity index (χ1v) is 8.65. The van der Waals surface area contributed by atoms with E-state index in [4.69, 9.17) is 0 Å². The van der Waals surface area contributed by atoms with E-state index < -0.39 is 6.10 Å². The number of aliphatic hydroxyl groups is 1. The van der Waals surface area contributed by atoms with Crippen LogP contribution in [0, 0.1) is 13.8 Å². The molecule has 0 aliphatic carbocycles. The maximum Gasteiger partial charge on any atom is 0.226 e. The molecule has 3 rings (SSSR count). The van der Waals surface area contributed by atoms with E-state index in [0.29, 0.717) is 0 Å². The standard InChI is InChI=1S/C21H25NO2/c1-15-11-16(2)13-18(12-15)19-9-6-10-22(19)21(24)14-20(23)17-7-4-3-5-8-17/h3-5,7-8,11-13,19-20,23H,6,9-10,14H2,1-2H3. The normalized spacial score (nSPS) is 18.6. The number of rotatable bonds is 4. The molecule has 1 aliphatic rings. The summed E-state index contributed by atoms with van der Waals surface area (Å²) < 4.78 is 0. The second kappa shape index (κ2) is 7.18. The zero-order valence-corrected chi connectivity index (χ0v) is 14.4. The number of hydrogen-bond donors (Lipinski definition) is 1. The van der Waals surface area contributed by atoms with Crippen LogP contribution in [0.5, 0.6) is 0 Å². The van der Waals surface area contributed by atoms with Crippen LogP contribution in [0.15, 0.2) is 48.5 Å². The molecule has 2 aromatic carbocycles. The predicted octanol–water partition coefficient (Wildman–Crippen LogP) is 4.09. The monoisotopic (exact) mass is 323 g/mol. The van der Waals surface area contributed by atoms with Crippen LogP contribution in [0.3, 0.4) is 0 Å². The van der Waals surface area contributed by atoms with E-state index in [9.17, 15) is 9.90 Å². The first-order chi connectivity index (χ1) is 11.5. The molecule has 1 amide bonds. The Kier molecular flexibility index (Phi) is 5.00. The summed E-state index contributed by atoms with van der Waals surface area (Å²) >= 11 is 0. The average molecular weight is 323 g/mol.